The second-order valence-electron chi connectivity index (χ2n) is 2.57. The number of carbonyl (C=O) groups is 1. The Morgan fingerprint density at radius 1 is 1.58 bits per heavy atom. The van der Waals surface area contributed by atoms with Crippen LogP contribution < -0.4 is 5.32 Å². The molecular weight excluding hydrogens is 160 g/mol. The predicted octanol–water partition coefficient (Wildman–Crippen LogP) is -0.921. The summed E-state index contributed by atoms with van der Waals surface area (Å²) >= 11 is 0. The van der Waals surface area contributed by atoms with Crippen molar-refractivity contribution in [2.24, 2.45) is 0 Å². The molecule has 6 heteroatoms. The molecule has 0 aliphatic carbocycles. The molecule has 0 radical (unpaired) electrons. The van der Waals surface area contributed by atoms with Crippen LogP contribution in [-0.4, -0.2) is 32.4 Å². The van der Waals surface area contributed by atoms with Gasteiger partial charge in [-0.3, -0.25) is 0 Å². The lowest BCUT2D eigenvalue weighted by Gasteiger charge is -2.14. The SMILES string of the molecule is O=C(O)c1nnc2n1CCNC2. The zero-order chi connectivity index (χ0) is 8.55. The minimum absolute atomic E-state index is 0.0338. The van der Waals surface area contributed by atoms with Gasteiger partial charge in [0.05, 0.1) is 6.54 Å². The summed E-state index contributed by atoms with van der Waals surface area (Å²) in [5.41, 5.74) is 0. The van der Waals surface area contributed by atoms with E-state index in [4.69, 9.17) is 5.11 Å². The summed E-state index contributed by atoms with van der Waals surface area (Å²) < 4.78 is 1.62. The molecule has 0 unspecified atom stereocenters. The summed E-state index contributed by atoms with van der Waals surface area (Å²) in [6.45, 7) is 2.00. The van der Waals surface area contributed by atoms with Crippen molar-refractivity contribution < 1.29 is 9.90 Å². The van der Waals surface area contributed by atoms with E-state index < -0.39 is 5.97 Å². The van der Waals surface area contributed by atoms with Crippen molar-refractivity contribution in [3.8, 4) is 0 Å². The standard InChI is InChI=1S/C6H8N4O2/c11-6(12)5-9-8-4-3-7-1-2-10(4)5/h7H,1-3H2,(H,11,12). The van der Waals surface area contributed by atoms with Crippen LogP contribution >= 0.6 is 0 Å². The number of nitrogens with one attached hydrogen (secondary N) is 1. The highest BCUT2D eigenvalue weighted by atomic mass is 16.4. The van der Waals surface area contributed by atoms with Crippen molar-refractivity contribution in [1.82, 2.24) is 20.1 Å². The largest absolute Gasteiger partial charge is 0.475 e. The normalized spacial score (nSPS) is 15.7. The van der Waals surface area contributed by atoms with Gasteiger partial charge in [-0.1, -0.05) is 0 Å². The van der Waals surface area contributed by atoms with Gasteiger partial charge in [-0.2, -0.15) is 0 Å². The van der Waals surface area contributed by atoms with Gasteiger partial charge in [0, 0.05) is 13.1 Å². The minimum atomic E-state index is -1.02. The van der Waals surface area contributed by atoms with Crippen LogP contribution in [0.15, 0.2) is 0 Å². The number of carboxylic acids is 1. The number of nitrogens with zero attached hydrogens (tertiary/aromatic N) is 3. The van der Waals surface area contributed by atoms with Crippen molar-refractivity contribution >= 4 is 5.97 Å². The first-order valence-electron chi connectivity index (χ1n) is 3.65. The maximum atomic E-state index is 10.6. The molecule has 0 bridgehead atoms. The van der Waals surface area contributed by atoms with Gasteiger partial charge in [0.25, 0.3) is 0 Å². The molecule has 0 spiro atoms. The Balaban J connectivity index is 2.44. The maximum absolute atomic E-state index is 10.6. The Labute approximate surface area is 68.2 Å². The molecule has 0 saturated carbocycles. The van der Waals surface area contributed by atoms with Crippen molar-refractivity contribution in [3.05, 3.63) is 11.6 Å². The lowest BCUT2D eigenvalue weighted by molar-refractivity contribution is 0.0676. The van der Waals surface area contributed by atoms with Gasteiger partial charge in [0.15, 0.2) is 0 Å². The Hall–Kier alpha value is -1.43. The topological polar surface area (TPSA) is 80.0 Å². The van der Waals surface area contributed by atoms with E-state index in [9.17, 15) is 4.79 Å². The van der Waals surface area contributed by atoms with Crippen molar-refractivity contribution in [2.75, 3.05) is 6.54 Å². The molecule has 1 aromatic heterocycles. The van der Waals surface area contributed by atoms with Gasteiger partial charge < -0.3 is 15.0 Å². The molecule has 12 heavy (non-hydrogen) atoms. The summed E-state index contributed by atoms with van der Waals surface area (Å²) in [5, 5.41) is 19.1. The third kappa shape index (κ3) is 0.964. The van der Waals surface area contributed by atoms with Gasteiger partial charge in [0.2, 0.25) is 5.82 Å². The number of aromatic carboxylic acids is 1. The minimum Gasteiger partial charge on any atom is -0.475 e. The first kappa shape index (κ1) is 7.23. The zero-order valence-electron chi connectivity index (χ0n) is 6.32. The highest BCUT2D eigenvalue weighted by Gasteiger charge is 2.19. The molecule has 0 fully saturated rings. The van der Waals surface area contributed by atoms with Crippen LogP contribution in [0, 0.1) is 0 Å². The molecule has 0 saturated heterocycles. The van der Waals surface area contributed by atoms with E-state index in [1.54, 1.807) is 4.57 Å². The van der Waals surface area contributed by atoms with E-state index >= 15 is 0 Å². The fourth-order valence-electron chi connectivity index (χ4n) is 1.25. The molecule has 0 atom stereocenters. The maximum Gasteiger partial charge on any atom is 0.374 e. The Morgan fingerprint density at radius 3 is 3.17 bits per heavy atom. The quantitative estimate of drug-likeness (QED) is 0.566. The number of hydrogen-bond donors (Lipinski definition) is 2. The Morgan fingerprint density at radius 2 is 2.42 bits per heavy atom. The van der Waals surface area contributed by atoms with Crippen LogP contribution in [0.4, 0.5) is 0 Å². The first-order chi connectivity index (χ1) is 5.79. The predicted molar refractivity (Wildman–Crippen MR) is 38.7 cm³/mol. The summed E-state index contributed by atoms with van der Waals surface area (Å²) in [7, 11) is 0. The number of fused-ring (bicyclic) bond motifs is 1. The van der Waals surface area contributed by atoms with Gasteiger partial charge in [0.1, 0.15) is 5.82 Å². The highest BCUT2D eigenvalue weighted by Crippen LogP contribution is 2.04. The molecule has 64 valence electrons. The number of carboxylic acid groups (broad SMARTS) is 1. The summed E-state index contributed by atoms with van der Waals surface area (Å²) in [6, 6.07) is 0. The van der Waals surface area contributed by atoms with Crippen LogP contribution in [0.2, 0.25) is 0 Å². The van der Waals surface area contributed by atoms with Crippen LogP contribution in [0.1, 0.15) is 16.4 Å². The molecule has 0 amide bonds. The molecule has 1 aliphatic rings. The monoisotopic (exact) mass is 168 g/mol. The second-order valence-corrected chi connectivity index (χ2v) is 2.57. The third-order valence-corrected chi connectivity index (χ3v) is 1.81. The third-order valence-electron chi connectivity index (χ3n) is 1.81. The van der Waals surface area contributed by atoms with Gasteiger partial charge in [-0.15, -0.1) is 10.2 Å². The molecule has 2 N–H and O–H groups in total. The number of rotatable bonds is 1. The molecule has 2 heterocycles. The van der Waals surface area contributed by atoms with Crippen LogP contribution in [0.5, 0.6) is 0 Å². The average molecular weight is 168 g/mol. The van der Waals surface area contributed by atoms with Crippen LogP contribution in [0.3, 0.4) is 0 Å². The van der Waals surface area contributed by atoms with Crippen molar-refractivity contribution in [2.45, 2.75) is 13.1 Å². The Bertz CT molecular complexity index is 319. The summed E-state index contributed by atoms with van der Waals surface area (Å²) in [4.78, 5) is 10.6. The zero-order valence-corrected chi connectivity index (χ0v) is 6.32. The Kier molecular flexibility index (Phi) is 1.54. The smallest absolute Gasteiger partial charge is 0.374 e. The summed E-state index contributed by atoms with van der Waals surface area (Å²) in [5.74, 6) is -0.291. The van der Waals surface area contributed by atoms with E-state index in [1.165, 1.54) is 0 Å². The summed E-state index contributed by atoms with van der Waals surface area (Å²) in [6.07, 6.45) is 0. The number of aromatic nitrogens is 3. The molecule has 1 aliphatic heterocycles. The van der Waals surface area contributed by atoms with E-state index in [1.807, 2.05) is 0 Å². The van der Waals surface area contributed by atoms with Gasteiger partial charge >= 0.3 is 5.97 Å². The molecule has 0 aromatic carbocycles. The lowest BCUT2D eigenvalue weighted by atomic mass is 10.4. The fourth-order valence-corrected chi connectivity index (χ4v) is 1.25. The van der Waals surface area contributed by atoms with E-state index in [0.717, 1.165) is 6.54 Å². The molecule has 1 aromatic rings. The highest BCUT2D eigenvalue weighted by molar-refractivity contribution is 5.83. The number of hydrogen-bond acceptors (Lipinski definition) is 4. The van der Waals surface area contributed by atoms with Crippen molar-refractivity contribution in [1.29, 1.82) is 0 Å². The van der Waals surface area contributed by atoms with Gasteiger partial charge in [-0.05, 0) is 0 Å². The van der Waals surface area contributed by atoms with E-state index in [0.29, 0.717) is 18.9 Å². The van der Waals surface area contributed by atoms with E-state index in [-0.39, 0.29) is 5.82 Å². The van der Waals surface area contributed by atoms with Gasteiger partial charge in [-0.25, -0.2) is 4.79 Å². The first-order valence-corrected chi connectivity index (χ1v) is 3.65. The lowest BCUT2D eigenvalue weighted by Crippen LogP contribution is -2.29. The van der Waals surface area contributed by atoms with E-state index in [2.05, 4.69) is 15.5 Å². The average Bonchev–Trinajstić information content (AvgIpc) is 2.47. The molecular formula is C6H8N4O2. The van der Waals surface area contributed by atoms with Crippen molar-refractivity contribution in [3.63, 3.8) is 0 Å². The van der Waals surface area contributed by atoms with Crippen LogP contribution in [0.25, 0.3) is 0 Å². The molecule has 6 nitrogen and oxygen atoms in total. The van der Waals surface area contributed by atoms with Crippen LogP contribution in [-0.2, 0) is 13.1 Å². The second kappa shape index (κ2) is 2.56. The fraction of sp³-hybridized carbons (Fsp3) is 0.500. The molecule has 2 rings (SSSR count).